The van der Waals surface area contributed by atoms with Gasteiger partial charge in [-0.05, 0) is 72.7 Å². The van der Waals surface area contributed by atoms with Crippen molar-refractivity contribution >= 4 is 34.3 Å². The molecule has 0 atom stereocenters. The highest BCUT2D eigenvalue weighted by Crippen LogP contribution is 2.39. The summed E-state index contributed by atoms with van der Waals surface area (Å²) in [5.74, 6) is 0.935. The molecule has 4 rings (SSSR count). The minimum Gasteiger partial charge on any atom is -0.496 e. The largest absolute Gasteiger partial charge is 0.496 e. The smallest absolute Gasteiger partial charge is 0.258 e. The summed E-state index contributed by atoms with van der Waals surface area (Å²) in [6, 6.07) is 11.5. The predicted molar refractivity (Wildman–Crippen MR) is 153 cm³/mol. The zero-order valence-electron chi connectivity index (χ0n) is 22.6. The number of aliphatic imine (C=N–C) groups is 1. The minimum atomic E-state index is -0.125. The van der Waals surface area contributed by atoms with Crippen molar-refractivity contribution in [1.82, 2.24) is 9.47 Å². The Balaban J connectivity index is 1.81. The molecule has 0 unspecified atom stereocenters. The van der Waals surface area contributed by atoms with Crippen molar-refractivity contribution in [2.75, 3.05) is 26.8 Å². The number of amides is 1. The number of fused-ring (bicyclic) bond motifs is 2. The SMILES string of the molecule is CCCN(CCC)C(=O)C1=Cc2c(cc(-c3ccc4c(=O)n(CCO)c(C)cc4c3)cc2OC)N=C(N)C1. The second-order valence-corrected chi connectivity index (χ2v) is 9.62. The lowest BCUT2D eigenvalue weighted by atomic mass is 9.97. The number of carbonyl (C=O) groups is 1. The van der Waals surface area contributed by atoms with Crippen LogP contribution in [-0.4, -0.2) is 53.1 Å². The first-order valence-corrected chi connectivity index (χ1v) is 13.1. The molecule has 0 fully saturated rings. The van der Waals surface area contributed by atoms with E-state index in [1.807, 2.05) is 54.3 Å². The Hall–Kier alpha value is -3.91. The summed E-state index contributed by atoms with van der Waals surface area (Å²) in [7, 11) is 1.60. The Morgan fingerprint density at radius 3 is 2.53 bits per heavy atom. The van der Waals surface area contributed by atoms with Gasteiger partial charge in [-0.2, -0.15) is 0 Å². The average molecular weight is 517 g/mol. The zero-order valence-corrected chi connectivity index (χ0v) is 22.6. The summed E-state index contributed by atoms with van der Waals surface area (Å²) in [6.45, 7) is 7.53. The number of methoxy groups -OCH3 is 1. The van der Waals surface area contributed by atoms with Crippen molar-refractivity contribution in [2.24, 2.45) is 10.7 Å². The third-order valence-electron chi connectivity index (χ3n) is 6.82. The second-order valence-electron chi connectivity index (χ2n) is 9.62. The minimum absolute atomic E-state index is 0.0254. The molecule has 0 saturated carbocycles. The van der Waals surface area contributed by atoms with Gasteiger partial charge in [-0.15, -0.1) is 0 Å². The van der Waals surface area contributed by atoms with Gasteiger partial charge in [-0.25, -0.2) is 4.99 Å². The summed E-state index contributed by atoms with van der Waals surface area (Å²) < 4.78 is 7.34. The fourth-order valence-corrected chi connectivity index (χ4v) is 5.04. The van der Waals surface area contributed by atoms with Crippen molar-refractivity contribution in [1.29, 1.82) is 0 Å². The summed E-state index contributed by atoms with van der Waals surface area (Å²) >= 11 is 0. The van der Waals surface area contributed by atoms with Crippen molar-refractivity contribution < 1.29 is 14.6 Å². The molecule has 3 N–H and O–H groups in total. The molecular weight excluding hydrogens is 480 g/mol. The van der Waals surface area contributed by atoms with Crippen LogP contribution in [0.4, 0.5) is 5.69 Å². The molecule has 2 heterocycles. The highest BCUT2D eigenvalue weighted by atomic mass is 16.5. The Labute approximate surface area is 223 Å². The predicted octanol–water partition coefficient (Wildman–Crippen LogP) is 4.40. The van der Waals surface area contributed by atoms with Gasteiger partial charge < -0.3 is 25.0 Å². The molecule has 0 spiro atoms. The first-order chi connectivity index (χ1) is 18.3. The average Bonchev–Trinajstić information content (AvgIpc) is 3.07. The molecule has 2 aromatic carbocycles. The molecule has 1 aromatic heterocycles. The second kappa shape index (κ2) is 11.6. The van der Waals surface area contributed by atoms with E-state index in [0.29, 0.717) is 41.3 Å². The molecule has 0 aliphatic carbocycles. The van der Waals surface area contributed by atoms with Crippen molar-refractivity contribution in [3.05, 3.63) is 63.6 Å². The Kier molecular flexibility index (Phi) is 8.32. The molecule has 1 aliphatic heterocycles. The number of carbonyl (C=O) groups excluding carboxylic acids is 1. The molecule has 1 amide bonds. The summed E-state index contributed by atoms with van der Waals surface area (Å²) in [5, 5.41) is 10.7. The molecule has 200 valence electrons. The fourth-order valence-electron chi connectivity index (χ4n) is 5.04. The van der Waals surface area contributed by atoms with Gasteiger partial charge in [0.1, 0.15) is 11.6 Å². The number of hydrogen-bond acceptors (Lipinski definition) is 6. The van der Waals surface area contributed by atoms with Crippen molar-refractivity contribution in [3.8, 4) is 16.9 Å². The van der Waals surface area contributed by atoms with Gasteiger partial charge in [0, 0.05) is 48.3 Å². The topological polar surface area (TPSA) is 110 Å². The van der Waals surface area contributed by atoms with Crippen molar-refractivity contribution in [3.63, 3.8) is 0 Å². The van der Waals surface area contributed by atoms with Crippen LogP contribution >= 0.6 is 0 Å². The van der Waals surface area contributed by atoms with Crippen LogP contribution in [0, 0.1) is 6.92 Å². The van der Waals surface area contributed by atoms with E-state index < -0.39 is 0 Å². The first-order valence-electron chi connectivity index (χ1n) is 13.1. The van der Waals surface area contributed by atoms with Crippen LogP contribution in [-0.2, 0) is 11.3 Å². The van der Waals surface area contributed by atoms with E-state index in [-0.39, 0.29) is 31.0 Å². The van der Waals surface area contributed by atoms with Gasteiger partial charge in [0.15, 0.2) is 0 Å². The number of nitrogens with two attached hydrogens (primary N) is 1. The van der Waals surface area contributed by atoms with E-state index in [1.165, 1.54) is 0 Å². The number of amidine groups is 1. The van der Waals surface area contributed by atoms with Gasteiger partial charge in [0.25, 0.3) is 5.56 Å². The van der Waals surface area contributed by atoms with Crippen LogP contribution in [0.25, 0.3) is 28.0 Å². The standard InChI is InChI=1S/C30H36N4O4/c1-5-9-33(10-6-2)29(36)23-15-25-26(32-28(31)18-23)16-21(17-27(25)38-4)20-7-8-24-22(14-20)13-19(3)34(11-12-35)30(24)37/h7-8,13-17,35H,5-6,9-12,18H2,1-4H3,(H2,31,32). The maximum Gasteiger partial charge on any atom is 0.258 e. The summed E-state index contributed by atoms with van der Waals surface area (Å²) in [5.41, 5.74) is 10.7. The molecule has 0 saturated heterocycles. The summed E-state index contributed by atoms with van der Waals surface area (Å²) in [4.78, 5) is 32.8. The number of nitrogens with zero attached hydrogens (tertiary/aromatic N) is 3. The van der Waals surface area contributed by atoms with Gasteiger partial charge in [-0.3, -0.25) is 9.59 Å². The quantitative estimate of drug-likeness (QED) is 0.438. The lowest BCUT2D eigenvalue weighted by Gasteiger charge is -2.22. The van der Waals surface area contributed by atoms with E-state index in [9.17, 15) is 14.7 Å². The maximum absolute atomic E-state index is 13.4. The number of aliphatic hydroxyl groups excluding tert-OH is 1. The molecule has 38 heavy (non-hydrogen) atoms. The Morgan fingerprint density at radius 1 is 1.13 bits per heavy atom. The molecule has 1 aliphatic rings. The van der Waals surface area contributed by atoms with Crippen LogP contribution in [0.5, 0.6) is 5.75 Å². The van der Waals surface area contributed by atoms with Gasteiger partial charge in [-0.1, -0.05) is 19.9 Å². The molecule has 3 aromatic rings. The number of pyridine rings is 1. The van der Waals surface area contributed by atoms with Crippen molar-refractivity contribution in [2.45, 2.75) is 46.6 Å². The monoisotopic (exact) mass is 516 g/mol. The van der Waals surface area contributed by atoms with E-state index in [0.717, 1.165) is 40.6 Å². The molecule has 8 nitrogen and oxygen atoms in total. The van der Waals surface area contributed by atoms with Gasteiger partial charge in [0.2, 0.25) is 5.91 Å². The number of benzene rings is 2. The molecule has 0 bridgehead atoms. The number of aromatic nitrogens is 1. The fraction of sp³-hybridized carbons (Fsp3) is 0.367. The van der Waals surface area contributed by atoms with E-state index in [4.69, 9.17) is 10.5 Å². The molecule has 8 heteroatoms. The number of hydrogen-bond donors (Lipinski definition) is 2. The highest BCUT2D eigenvalue weighted by molar-refractivity contribution is 6.06. The maximum atomic E-state index is 13.4. The number of aryl methyl sites for hydroxylation is 1. The first kappa shape index (κ1) is 27.1. The Morgan fingerprint density at radius 2 is 1.87 bits per heavy atom. The van der Waals surface area contributed by atoms with E-state index >= 15 is 0 Å². The zero-order chi connectivity index (χ0) is 27.4. The van der Waals surface area contributed by atoms with Crippen LogP contribution < -0.4 is 16.0 Å². The van der Waals surface area contributed by atoms with E-state index in [2.05, 4.69) is 18.8 Å². The van der Waals surface area contributed by atoms with Crippen LogP contribution in [0.15, 0.2) is 51.8 Å². The van der Waals surface area contributed by atoms with E-state index in [1.54, 1.807) is 11.7 Å². The van der Waals surface area contributed by atoms with Crippen LogP contribution in [0.2, 0.25) is 0 Å². The third kappa shape index (κ3) is 5.36. The van der Waals surface area contributed by atoms with Gasteiger partial charge >= 0.3 is 0 Å². The Bertz CT molecular complexity index is 1480. The lowest BCUT2D eigenvalue weighted by Crippen LogP contribution is -2.34. The lowest BCUT2D eigenvalue weighted by molar-refractivity contribution is -0.127. The summed E-state index contributed by atoms with van der Waals surface area (Å²) in [6.07, 6.45) is 3.89. The van der Waals surface area contributed by atoms with Gasteiger partial charge in [0.05, 0.1) is 19.4 Å². The normalized spacial score (nSPS) is 13.0. The number of aliphatic hydroxyl groups is 1. The number of ether oxygens (including phenoxy) is 1. The van der Waals surface area contributed by atoms with Crippen LogP contribution in [0.3, 0.4) is 0 Å². The third-order valence-corrected chi connectivity index (χ3v) is 6.82. The highest BCUT2D eigenvalue weighted by Gasteiger charge is 2.23. The molecular formula is C30H36N4O4. The van der Waals surface area contributed by atoms with Crippen LogP contribution in [0.1, 0.15) is 44.4 Å². The number of rotatable bonds is 9. The molecule has 0 radical (unpaired) electrons.